The van der Waals surface area contributed by atoms with Gasteiger partial charge in [0.15, 0.2) is 0 Å². The Kier molecular flexibility index (Phi) is 3.96. The normalized spacial score (nSPS) is 12.5. The lowest BCUT2D eigenvalue weighted by molar-refractivity contribution is 0.652. The summed E-state index contributed by atoms with van der Waals surface area (Å²) in [6.07, 6.45) is 0. The molecule has 0 heterocycles. The molecule has 0 aromatic heterocycles. The molecule has 0 bridgehead atoms. The first-order chi connectivity index (χ1) is 10.2. The third-order valence-corrected chi connectivity index (χ3v) is 4.33. The van der Waals surface area contributed by atoms with Gasteiger partial charge in [-0.05, 0) is 48.2 Å². The number of halogens is 1. The van der Waals surface area contributed by atoms with Gasteiger partial charge < -0.3 is 5.32 Å². The molecule has 1 unspecified atom stereocenters. The van der Waals surface area contributed by atoms with Gasteiger partial charge in [0.2, 0.25) is 0 Å². The van der Waals surface area contributed by atoms with Crippen molar-refractivity contribution < 1.29 is 0 Å². The van der Waals surface area contributed by atoms with Crippen LogP contribution in [-0.4, -0.2) is 7.05 Å². The van der Waals surface area contributed by atoms with Gasteiger partial charge in [0, 0.05) is 16.5 Å². The lowest BCUT2D eigenvalue weighted by Crippen LogP contribution is -2.12. The maximum absolute atomic E-state index is 6.31. The van der Waals surface area contributed by atoms with Crippen molar-refractivity contribution in [3.05, 3.63) is 71.2 Å². The minimum absolute atomic E-state index is 0.337. The van der Waals surface area contributed by atoms with Crippen molar-refractivity contribution in [1.29, 1.82) is 0 Å². The molecule has 0 saturated heterocycles. The van der Waals surface area contributed by atoms with Crippen LogP contribution >= 0.6 is 11.6 Å². The van der Waals surface area contributed by atoms with E-state index >= 15 is 0 Å². The van der Waals surface area contributed by atoms with Gasteiger partial charge in [-0.2, -0.15) is 0 Å². The van der Waals surface area contributed by atoms with Gasteiger partial charge >= 0.3 is 0 Å². The first-order valence-corrected chi connectivity index (χ1v) is 7.53. The summed E-state index contributed by atoms with van der Waals surface area (Å²) in [5.41, 5.74) is 3.73. The van der Waals surface area contributed by atoms with E-state index in [1.54, 1.807) is 0 Å². The van der Waals surface area contributed by atoms with Crippen molar-refractivity contribution >= 4 is 22.4 Å². The quantitative estimate of drug-likeness (QED) is 0.678. The Labute approximate surface area is 130 Å². The minimum Gasteiger partial charge on any atom is -0.313 e. The van der Waals surface area contributed by atoms with Crippen molar-refractivity contribution in [2.24, 2.45) is 0 Å². The third kappa shape index (κ3) is 2.67. The maximum Gasteiger partial charge on any atom is 0.0484 e. The summed E-state index contributed by atoms with van der Waals surface area (Å²) in [5.74, 6) is 0. The van der Waals surface area contributed by atoms with E-state index in [2.05, 4.69) is 60.8 Å². The van der Waals surface area contributed by atoms with E-state index in [-0.39, 0.29) is 0 Å². The Bertz CT molecular complexity index is 779. The van der Waals surface area contributed by atoms with Crippen LogP contribution in [0.4, 0.5) is 0 Å². The van der Waals surface area contributed by atoms with Gasteiger partial charge in [-0.3, -0.25) is 0 Å². The fourth-order valence-corrected chi connectivity index (χ4v) is 2.88. The Morgan fingerprint density at radius 3 is 2.43 bits per heavy atom. The first kappa shape index (κ1) is 14.1. The zero-order valence-corrected chi connectivity index (χ0v) is 13.0. The molecule has 0 amide bonds. The summed E-state index contributed by atoms with van der Waals surface area (Å²) in [6, 6.07) is 21.4. The number of rotatable bonds is 3. The number of hydrogen-bond donors (Lipinski definition) is 1. The molecule has 0 aliphatic carbocycles. The van der Waals surface area contributed by atoms with Crippen molar-refractivity contribution in [1.82, 2.24) is 5.32 Å². The highest BCUT2D eigenvalue weighted by Crippen LogP contribution is 2.33. The highest BCUT2D eigenvalue weighted by molar-refractivity contribution is 6.36. The van der Waals surface area contributed by atoms with Crippen molar-refractivity contribution in [3.63, 3.8) is 0 Å². The molecule has 0 spiro atoms. The van der Waals surface area contributed by atoms with Crippen LogP contribution in [0.1, 0.15) is 18.5 Å². The second-order valence-electron chi connectivity index (χ2n) is 5.28. The Morgan fingerprint density at radius 1 is 0.905 bits per heavy atom. The van der Waals surface area contributed by atoms with Crippen LogP contribution in [0.2, 0.25) is 5.02 Å². The molecule has 2 heteroatoms. The predicted molar refractivity (Wildman–Crippen MR) is 91.9 cm³/mol. The van der Waals surface area contributed by atoms with Crippen molar-refractivity contribution in [2.75, 3.05) is 7.05 Å². The Morgan fingerprint density at radius 2 is 1.67 bits per heavy atom. The van der Waals surface area contributed by atoms with Crippen LogP contribution in [0.5, 0.6) is 0 Å². The summed E-state index contributed by atoms with van der Waals surface area (Å²) < 4.78 is 0. The molecule has 0 aliphatic heterocycles. The second kappa shape index (κ2) is 5.88. The van der Waals surface area contributed by atoms with Crippen molar-refractivity contribution in [2.45, 2.75) is 13.0 Å². The van der Waals surface area contributed by atoms with E-state index in [4.69, 9.17) is 11.6 Å². The summed E-state index contributed by atoms with van der Waals surface area (Å²) in [5, 5.41) is 6.38. The SMILES string of the molecule is CNC(C)c1cccc(-c2ccc(Cl)c3ccccc23)c1. The van der Waals surface area contributed by atoms with Crippen LogP contribution in [0.25, 0.3) is 21.9 Å². The topological polar surface area (TPSA) is 12.0 Å². The highest BCUT2D eigenvalue weighted by atomic mass is 35.5. The molecule has 21 heavy (non-hydrogen) atoms. The van der Waals surface area contributed by atoms with Crippen LogP contribution < -0.4 is 5.32 Å². The number of benzene rings is 3. The number of fused-ring (bicyclic) bond motifs is 1. The summed E-state index contributed by atoms with van der Waals surface area (Å²) >= 11 is 6.31. The van der Waals surface area contributed by atoms with Gasteiger partial charge in [-0.15, -0.1) is 0 Å². The number of hydrogen-bond acceptors (Lipinski definition) is 1. The van der Waals surface area contributed by atoms with E-state index in [9.17, 15) is 0 Å². The molecule has 1 atom stereocenters. The molecular formula is C19H18ClN. The van der Waals surface area contributed by atoms with Crippen LogP contribution in [0.3, 0.4) is 0 Å². The lowest BCUT2D eigenvalue weighted by Gasteiger charge is -2.13. The molecule has 1 nitrogen and oxygen atoms in total. The minimum atomic E-state index is 0.337. The van der Waals surface area contributed by atoms with Crippen molar-refractivity contribution in [3.8, 4) is 11.1 Å². The van der Waals surface area contributed by atoms with Crippen LogP contribution in [0, 0.1) is 0 Å². The molecule has 0 radical (unpaired) electrons. The van der Waals surface area contributed by atoms with E-state index in [0.29, 0.717) is 6.04 Å². The molecule has 1 N–H and O–H groups in total. The van der Waals surface area contributed by atoms with Crippen LogP contribution in [0.15, 0.2) is 60.7 Å². The fraction of sp³-hybridized carbons (Fsp3) is 0.158. The van der Waals surface area contributed by atoms with Gasteiger partial charge in [-0.25, -0.2) is 0 Å². The molecule has 3 aromatic rings. The fourth-order valence-electron chi connectivity index (χ4n) is 2.66. The second-order valence-corrected chi connectivity index (χ2v) is 5.68. The molecule has 0 fully saturated rings. The Balaban J connectivity index is 2.19. The van der Waals surface area contributed by atoms with Gasteiger partial charge in [0.1, 0.15) is 0 Å². The van der Waals surface area contributed by atoms with E-state index in [1.165, 1.54) is 22.1 Å². The van der Waals surface area contributed by atoms with E-state index < -0.39 is 0 Å². The number of nitrogens with one attached hydrogen (secondary N) is 1. The molecule has 0 saturated carbocycles. The average Bonchev–Trinajstić information content (AvgIpc) is 2.55. The van der Waals surface area contributed by atoms with Crippen LogP contribution in [-0.2, 0) is 0 Å². The summed E-state index contributed by atoms with van der Waals surface area (Å²) in [7, 11) is 1.98. The average molecular weight is 296 g/mol. The van der Waals surface area contributed by atoms with E-state index in [0.717, 1.165) is 10.4 Å². The zero-order valence-electron chi connectivity index (χ0n) is 12.2. The monoisotopic (exact) mass is 295 g/mol. The van der Waals surface area contributed by atoms with Gasteiger partial charge in [-0.1, -0.05) is 60.1 Å². The summed E-state index contributed by atoms with van der Waals surface area (Å²) in [4.78, 5) is 0. The maximum atomic E-state index is 6.31. The Hall–Kier alpha value is -1.83. The lowest BCUT2D eigenvalue weighted by atomic mass is 9.95. The van der Waals surface area contributed by atoms with Gasteiger partial charge in [0.25, 0.3) is 0 Å². The zero-order chi connectivity index (χ0) is 14.8. The largest absolute Gasteiger partial charge is 0.313 e. The third-order valence-electron chi connectivity index (χ3n) is 4.00. The smallest absolute Gasteiger partial charge is 0.0484 e. The molecule has 106 valence electrons. The molecular weight excluding hydrogens is 278 g/mol. The first-order valence-electron chi connectivity index (χ1n) is 7.15. The molecule has 0 aliphatic rings. The van der Waals surface area contributed by atoms with E-state index in [1.807, 2.05) is 19.2 Å². The van der Waals surface area contributed by atoms with Gasteiger partial charge in [0.05, 0.1) is 0 Å². The molecule has 3 rings (SSSR count). The highest BCUT2D eigenvalue weighted by Gasteiger charge is 2.08. The predicted octanol–water partition coefficient (Wildman–Crippen LogP) is 5.44. The summed E-state index contributed by atoms with van der Waals surface area (Å²) in [6.45, 7) is 2.17. The standard InChI is InChI=1S/C19H18ClN/c1-13(21-2)14-6-5-7-15(12-14)16-10-11-19(20)18-9-4-3-8-17(16)18/h3-13,21H,1-2H3. The molecule has 3 aromatic carbocycles.